The molecule has 1 atom stereocenters. The average molecular weight is 359 g/mol. The number of hydrogen-bond acceptors (Lipinski definition) is 3. The molecule has 0 fully saturated rings. The van der Waals surface area contributed by atoms with Crippen molar-refractivity contribution in [3.63, 3.8) is 0 Å². The highest BCUT2D eigenvalue weighted by Crippen LogP contribution is 2.35. The summed E-state index contributed by atoms with van der Waals surface area (Å²) >= 11 is 0. The van der Waals surface area contributed by atoms with E-state index in [-0.39, 0.29) is 0 Å². The smallest absolute Gasteiger partial charge is 0.419 e. The lowest BCUT2D eigenvalue weighted by Crippen LogP contribution is -2.39. The van der Waals surface area contributed by atoms with Gasteiger partial charge < -0.3 is 14.8 Å². The minimum atomic E-state index is -4.63. The number of alkyl halides is 6. The number of para-hydroxylation sites is 1. The number of ether oxygens (including phenoxy) is 2. The first kappa shape index (κ1) is 20.1. The molecule has 1 N–H and O–H groups in total. The van der Waals surface area contributed by atoms with Gasteiger partial charge in [-0.25, -0.2) is 0 Å². The number of hydrogen-bond donors (Lipinski definition) is 1. The van der Waals surface area contributed by atoms with Crippen LogP contribution in [0, 0.1) is 0 Å². The van der Waals surface area contributed by atoms with Crippen molar-refractivity contribution < 1.29 is 40.6 Å². The van der Waals surface area contributed by atoms with E-state index in [0.717, 1.165) is 12.1 Å². The lowest BCUT2D eigenvalue weighted by Gasteiger charge is -2.16. The van der Waals surface area contributed by atoms with E-state index in [4.69, 9.17) is 4.74 Å². The molecule has 1 aromatic rings. The van der Waals surface area contributed by atoms with Crippen LogP contribution in [0.5, 0.6) is 5.75 Å². The fourth-order valence-corrected chi connectivity index (χ4v) is 1.68. The van der Waals surface area contributed by atoms with Gasteiger partial charge in [0.15, 0.2) is 6.61 Å². The Kier molecular flexibility index (Phi) is 6.88. The van der Waals surface area contributed by atoms with Crippen LogP contribution in [0.3, 0.4) is 0 Å². The predicted octanol–water partition coefficient (Wildman–Crippen LogP) is 3.17. The highest BCUT2D eigenvalue weighted by molar-refractivity contribution is 5.77. The van der Waals surface area contributed by atoms with Gasteiger partial charge in [0.2, 0.25) is 0 Å². The van der Waals surface area contributed by atoms with Gasteiger partial charge in [-0.1, -0.05) is 12.1 Å². The fraction of sp³-hybridized carbons (Fsp3) is 0.500. The highest BCUT2D eigenvalue weighted by atomic mass is 19.4. The normalized spacial score (nSPS) is 13.5. The van der Waals surface area contributed by atoms with Crippen molar-refractivity contribution in [3.05, 3.63) is 29.8 Å². The Balaban J connectivity index is 2.44. The van der Waals surface area contributed by atoms with Crippen LogP contribution in [-0.2, 0) is 15.7 Å². The number of carbonyl (C=O) groups excluding carboxylic acids is 1. The highest BCUT2D eigenvalue weighted by Gasteiger charge is 2.34. The molecule has 1 unspecified atom stereocenters. The van der Waals surface area contributed by atoms with Gasteiger partial charge in [0.25, 0.3) is 5.91 Å². The van der Waals surface area contributed by atoms with E-state index in [1.54, 1.807) is 0 Å². The van der Waals surface area contributed by atoms with Crippen LogP contribution in [0.1, 0.15) is 12.5 Å². The molecule has 1 rings (SSSR count). The van der Waals surface area contributed by atoms with E-state index in [9.17, 15) is 31.1 Å². The summed E-state index contributed by atoms with van der Waals surface area (Å²) < 4.78 is 83.0. The van der Waals surface area contributed by atoms with Gasteiger partial charge in [0.05, 0.1) is 12.2 Å². The zero-order valence-electron chi connectivity index (χ0n) is 12.5. The minimum Gasteiger partial charge on any atom is -0.483 e. The van der Waals surface area contributed by atoms with E-state index in [2.05, 4.69) is 10.1 Å². The van der Waals surface area contributed by atoms with Crippen molar-refractivity contribution in [1.82, 2.24) is 5.32 Å². The lowest BCUT2D eigenvalue weighted by atomic mass is 10.2. The second-order valence-corrected chi connectivity index (χ2v) is 4.88. The van der Waals surface area contributed by atoms with Crippen LogP contribution in [0.15, 0.2) is 24.3 Å². The van der Waals surface area contributed by atoms with Crippen molar-refractivity contribution >= 4 is 5.91 Å². The lowest BCUT2D eigenvalue weighted by molar-refractivity contribution is -0.175. The summed E-state index contributed by atoms with van der Waals surface area (Å²) in [6.07, 6.45) is -9.11. The molecule has 4 nitrogen and oxygen atoms in total. The fourth-order valence-electron chi connectivity index (χ4n) is 1.68. The Bertz CT molecular complexity index is 544. The molecule has 10 heteroatoms. The zero-order valence-corrected chi connectivity index (χ0v) is 12.5. The molecule has 136 valence electrons. The summed E-state index contributed by atoms with van der Waals surface area (Å²) in [6.45, 7) is -1.18. The Morgan fingerprint density at radius 1 is 1.17 bits per heavy atom. The zero-order chi connectivity index (χ0) is 18.4. The molecule has 0 aliphatic heterocycles. The quantitative estimate of drug-likeness (QED) is 0.761. The molecule has 0 radical (unpaired) electrons. The predicted molar refractivity (Wildman–Crippen MR) is 71.4 cm³/mol. The summed E-state index contributed by atoms with van der Waals surface area (Å²) in [7, 11) is 0. The molecule has 0 saturated heterocycles. The van der Waals surface area contributed by atoms with Crippen molar-refractivity contribution in [2.75, 3.05) is 19.8 Å². The minimum absolute atomic E-state index is 0.398. The Morgan fingerprint density at radius 3 is 2.38 bits per heavy atom. The molecule has 0 bridgehead atoms. The number of nitrogens with one attached hydrogen (secondary N) is 1. The molecule has 0 aliphatic rings. The SMILES string of the molecule is CC(COCC(F)(F)F)NC(=O)COc1ccccc1C(F)(F)F. The van der Waals surface area contributed by atoms with Gasteiger partial charge >= 0.3 is 12.4 Å². The number of benzene rings is 1. The molecule has 1 aromatic carbocycles. The van der Waals surface area contributed by atoms with E-state index in [0.29, 0.717) is 0 Å². The second kappa shape index (κ2) is 8.22. The Morgan fingerprint density at radius 2 is 1.79 bits per heavy atom. The maximum atomic E-state index is 12.7. The topological polar surface area (TPSA) is 47.6 Å². The molecule has 0 saturated carbocycles. The van der Waals surface area contributed by atoms with Crippen molar-refractivity contribution in [3.8, 4) is 5.75 Å². The number of carbonyl (C=O) groups is 1. The van der Waals surface area contributed by atoms with Crippen molar-refractivity contribution in [2.24, 2.45) is 0 Å². The van der Waals surface area contributed by atoms with Crippen molar-refractivity contribution in [2.45, 2.75) is 25.3 Å². The van der Waals surface area contributed by atoms with Crippen LogP contribution >= 0.6 is 0 Å². The molecular formula is C14H15F6NO3. The van der Waals surface area contributed by atoms with Crippen LogP contribution < -0.4 is 10.1 Å². The van der Waals surface area contributed by atoms with Gasteiger partial charge in [-0.05, 0) is 19.1 Å². The molecule has 0 aromatic heterocycles. The monoisotopic (exact) mass is 359 g/mol. The number of rotatable bonds is 7. The molecule has 0 heterocycles. The van der Waals surface area contributed by atoms with Crippen LogP contribution in [0.2, 0.25) is 0 Å². The van der Waals surface area contributed by atoms with Gasteiger partial charge in [-0.15, -0.1) is 0 Å². The Hall–Kier alpha value is -1.97. The van der Waals surface area contributed by atoms with E-state index < -0.39 is 55.4 Å². The molecule has 1 amide bonds. The van der Waals surface area contributed by atoms with E-state index in [1.807, 2.05) is 0 Å². The van der Waals surface area contributed by atoms with Crippen LogP contribution in [0.4, 0.5) is 26.3 Å². The third kappa shape index (κ3) is 7.53. The van der Waals surface area contributed by atoms with Gasteiger partial charge in [0.1, 0.15) is 12.4 Å². The van der Waals surface area contributed by atoms with E-state index >= 15 is 0 Å². The number of halogens is 6. The summed E-state index contributed by atoms with van der Waals surface area (Å²) in [5.41, 5.74) is -1.03. The van der Waals surface area contributed by atoms with Gasteiger partial charge in [0, 0.05) is 6.04 Å². The molecule has 0 spiro atoms. The van der Waals surface area contributed by atoms with Gasteiger partial charge in [-0.3, -0.25) is 4.79 Å². The number of amides is 1. The van der Waals surface area contributed by atoms with Crippen LogP contribution in [0.25, 0.3) is 0 Å². The molecule has 24 heavy (non-hydrogen) atoms. The maximum absolute atomic E-state index is 12.7. The summed E-state index contributed by atoms with van der Waals surface area (Å²) in [5.74, 6) is -1.30. The van der Waals surface area contributed by atoms with Crippen LogP contribution in [-0.4, -0.2) is 37.9 Å². The van der Waals surface area contributed by atoms with E-state index in [1.165, 1.54) is 19.1 Å². The second-order valence-electron chi connectivity index (χ2n) is 4.88. The standard InChI is InChI=1S/C14H15F6NO3/c1-9(6-23-8-13(15,16)17)21-12(22)7-24-11-5-3-2-4-10(11)14(18,19)20/h2-5,9H,6-8H2,1H3,(H,21,22). The van der Waals surface area contributed by atoms with Crippen molar-refractivity contribution in [1.29, 1.82) is 0 Å². The third-order valence-corrected chi connectivity index (χ3v) is 2.59. The molecular weight excluding hydrogens is 344 g/mol. The summed E-state index contributed by atoms with van der Waals surface area (Å²) in [4.78, 5) is 11.6. The average Bonchev–Trinajstić information content (AvgIpc) is 2.43. The first-order valence-electron chi connectivity index (χ1n) is 6.72. The first-order chi connectivity index (χ1) is 11.0. The maximum Gasteiger partial charge on any atom is 0.419 e. The largest absolute Gasteiger partial charge is 0.483 e. The summed E-state index contributed by atoms with van der Waals surface area (Å²) in [6, 6.07) is 3.60. The Labute approximate surface area is 133 Å². The third-order valence-electron chi connectivity index (χ3n) is 2.59. The summed E-state index contributed by atoms with van der Waals surface area (Å²) in [5, 5.41) is 2.26. The first-order valence-corrected chi connectivity index (χ1v) is 6.72. The molecule has 0 aliphatic carbocycles. The van der Waals surface area contributed by atoms with Gasteiger partial charge in [-0.2, -0.15) is 26.3 Å².